The van der Waals surface area contributed by atoms with Crippen molar-refractivity contribution in [3.05, 3.63) is 134 Å². The van der Waals surface area contributed by atoms with Gasteiger partial charge in [0.05, 0.1) is 0 Å². The Labute approximate surface area is 513 Å². The molecule has 0 bridgehead atoms. The number of ether oxygens (including phenoxy) is 3. The number of unbranched alkanes of at least 4 members (excludes halogenated alkanes) is 29. The van der Waals surface area contributed by atoms with E-state index in [9.17, 15) is 14.4 Å². The lowest BCUT2D eigenvalue weighted by molar-refractivity contribution is -0.167. The Morgan fingerprint density at radius 2 is 0.482 bits per heavy atom. The van der Waals surface area contributed by atoms with Gasteiger partial charge in [0.1, 0.15) is 13.2 Å². The van der Waals surface area contributed by atoms with Crippen LogP contribution < -0.4 is 0 Å². The van der Waals surface area contributed by atoms with E-state index in [0.29, 0.717) is 19.3 Å². The second-order valence-electron chi connectivity index (χ2n) is 22.7. The predicted molar refractivity (Wildman–Crippen MR) is 362 cm³/mol. The van der Waals surface area contributed by atoms with Crippen molar-refractivity contribution < 1.29 is 28.6 Å². The standard InChI is InChI=1S/C77H128O6/c1-4-7-10-13-16-19-22-25-28-31-33-35-36-37-38-39-40-42-43-46-49-52-55-58-61-64-67-70-76(79)82-73-74(72-81-75(78)69-66-63-60-57-54-51-48-45-30-27-24-21-18-15-12-9-6-3)83-77(80)71-68-65-62-59-56-53-50-47-44-41-34-32-29-26-23-20-17-14-11-8-5-2/h8-9,11-12,17-18,20-21,26-27,29-31,33-34,41,47-48,50-51,57,60,74H,4-7,10,13-16,19,22-25,28,32,35-40,42-46,49,52-56,58-59,61-73H2,1-3H3/b11-8-,12-9-,20-17-,21-18-,29-26-,30-27-,33-31-,41-34-,50-47-,51-48-,60-57-. The first-order valence-corrected chi connectivity index (χ1v) is 34.7. The van der Waals surface area contributed by atoms with Gasteiger partial charge in [-0.2, -0.15) is 0 Å². The highest BCUT2D eigenvalue weighted by atomic mass is 16.6. The van der Waals surface area contributed by atoms with Gasteiger partial charge in [-0.05, 0) is 128 Å². The molecule has 0 spiro atoms. The number of hydrogen-bond acceptors (Lipinski definition) is 6. The second-order valence-corrected chi connectivity index (χ2v) is 22.7. The van der Waals surface area contributed by atoms with Crippen LogP contribution >= 0.6 is 0 Å². The summed E-state index contributed by atoms with van der Waals surface area (Å²) in [5.74, 6) is -0.979. The van der Waals surface area contributed by atoms with Crippen LogP contribution in [0.4, 0.5) is 0 Å². The van der Waals surface area contributed by atoms with Crippen molar-refractivity contribution in [1.82, 2.24) is 0 Å². The van der Waals surface area contributed by atoms with Gasteiger partial charge in [0, 0.05) is 19.3 Å². The molecule has 0 rings (SSSR count). The largest absolute Gasteiger partial charge is 0.462 e. The zero-order valence-electron chi connectivity index (χ0n) is 54.2. The topological polar surface area (TPSA) is 78.9 Å². The fraction of sp³-hybridized carbons (Fsp3) is 0.675. The molecule has 0 aromatic carbocycles. The van der Waals surface area contributed by atoms with Crippen LogP contribution in [0, 0.1) is 0 Å². The molecule has 0 aromatic heterocycles. The average molecular weight is 1150 g/mol. The Morgan fingerprint density at radius 1 is 0.253 bits per heavy atom. The predicted octanol–water partition coefficient (Wildman–Crippen LogP) is 24.1. The van der Waals surface area contributed by atoms with E-state index in [4.69, 9.17) is 14.2 Å². The van der Waals surface area contributed by atoms with Gasteiger partial charge >= 0.3 is 17.9 Å². The Kier molecular flexibility index (Phi) is 66.3. The van der Waals surface area contributed by atoms with Gasteiger partial charge in [-0.15, -0.1) is 0 Å². The molecule has 0 fully saturated rings. The smallest absolute Gasteiger partial charge is 0.306 e. The van der Waals surface area contributed by atoms with Gasteiger partial charge in [0.15, 0.2) is 6.10 Å². The molecule has 0 saturated heterocycles. The molecule has 0 amide bonds. The summed E-state index contributed by atoms with van der Waals surface area (Å²) in [4.78, 5) is 38.4. The van der Waals surface area contributed by atoms with Crippen LogP contribution in [0.3, 0.4) is 0 Å². The third-order valence-electron chi connectivity index (χ3n) is 14.6. The molecule has 83 heavy (non-hydrogen) atoms. The van der Waals surface area contributed by atoms with E-state index < -0.39 is 6.10 Å². The van der Waals surface area contributed by atoms with E-state index in [1.54, 1.807) is 0 Å². The van der Waals surface area contributed by atoms with E-state index in [1.165, 1.54) is 141 Å². The SMILES string of the molecule is CC/C=C\C/C=C\C/C=C\C/C=C\C/C=C\CCCCCCCC(=O)OC(COC(=O)CCC/C=C\C/C=C\C/C=C\C/C=C\C/C=C\CC)COC(=O)CCCCCCCCCCCCCCCCC/C=C\CCCCCCCCCC. The maximum atomic E-state index is 12.9. The maximum Gasteiger partial charge on any atom is 0.306 e. The normalized spacial score (nSPS) is 13.0. The Balaban J connectivity index is 4.42. The second kappa shape index (κ2) is 70.0. The molecule has 472 valence electrons. The zero-order valence-corrected chi connectivity index (χ0v) is 54.2. The monoisotopic (exact) mass is 1150 g/mol. The van der Waals surface area contributed by atoms with E-state index in [-0.39, 0.29) is 37.5 Å². The molecule has 0 aliphatic carbocycles. The average Bonchev–Trinajstić information content (AvgIpc) is 3.50. The third kappa shape index (κ3) is 68.2. The number of rotatable bonds is 62. The van der Waals surface area contributed by atoms with Crippen LogP contribution in [0.5, 0.6) is 0 Å². The van der Waals surface area contributed by atoms with Gasteiger partial charge in [-0.25, -0.2) is 0 Å². The van der Waals surface area contributed by atoms with Crippen molar-refractivity contribution in [2.24, 2.45) is 0 Å². The van der Waals surface area contributed by atoms with Crippen molar-refractivity contribution >= 4 is 17.9 Å². The van der Waals surface area contributed by atoms with Crippen molar-refractivity contribution in [2.45, 2.75) is 322 Å². The molecule has 0 aliphatic rings. The molecule has 0 radical (unpaired) electrons. The first kappa shape index (κ1) is 78.5. The molecule has 0 aliphatic heterocycles. The Hall–Kier alpha value is -4.45. The minimum absolute atomic E-state index is 0.106. The van der Waals surface area contributed by atoms with Gasteiger partial charge in [-0.3, -0.25) is 14.4 Å². The highest BCUT2D eigenvalue weighted by molar-refractivity contribution is 5.71. The van der Waals surface area contributed by atoms with E-state index in [2.05, 4.69) is 154 Å². The summed E-state index contributed by atoms with van der Waals surface area (Å²) in [6.07, 6.45) is 99.1. The Morgan fingerprint density at radius 3 is 0.795 bits per heavy atom. The summed E-state index contributed by atoms with van der Waals surface area (Å²) in [7, 11) is 0. The van der Waals surface area contributed by atoms with Gasteiger partial charge in [0.25, 0.3) is 0 Å². The number of esters is 3. The molecular weight excluding hydrogens is 1020 g/mol. The summed E-state index contributed by atoms with van der Waals surface area (Å²) in [5.41, 5.74) is 0. The van der Waals surface area contributed by atoms with Crippen molar-refractivity contribution in [3.8, 4) is 0 Å². The van der Waals surface area contributed by atoms with Crippen molar-refractivity contribution in [3.63, 3.8) is 0 Å². The Bertz CT molecular complexity index is 1750. The van der Waals surface area contributed by atoms with Gasteiger partial charge < -0.3 is 14.2 Å². The number of carbonyl (C=O) groups excluding carboxylic acids is 3. The maximum absolute atomic E-state index is 12.9. The molecular formula is C77H128O6. The molecule has 0 N–H and O–H groups in total. The molecule has 1 unspecified atom stereocenters. The van der Waals surface area contributed by atoms with Crippen molar-refractivity contribution in [1.29, 1.82) is 0 Å². The number of carbonyl (C=O) groups is 3. The summed E-state index contributed by atoms with van der Waals surface area (Å²) in [6, 6.07) is 0. The van der Waals surface area contributed by atoms with Crippen LogP contribution in [0.2, 0.25) is 0 Å². The lowest BCUT2D eigenvalue weighted by Gasteiger charge is -2.18. The van der Waals surface area contributed by atoms with Gasteiger partial charge in [-0.1, -0.05) is 302 Å². The summed E-state index contributed by atoms with van der Waals surface area (Å²) < 4.78 is 16.9. The molecule has 0 heterocycles. The summed E-state index contributed by atoms with van der Waals surface area (Å²) in [6.45, 7) is 6.37. The lowest BCUT2D eigenvalue weighted by Crippen LogP contribution is -2.30. The number of allylic oxidation sites excluding steroid dienone is 22. The molecule has 6 heteroatoms. The molecule has 6 nitrogen and oxygen atoms in total. The van der Waals surface area contributed by atoms with Gasteiger partial charge in [0.2, 0.25) is 0 Å². The summed E-state index contributed by atoms with van der Waals surface area (Å²) >= 11 is 0. The van der Waals surface area contributed by atoms with Crippen LogP contribution in [0.15, 0.2) is 134 Å². The van der Waals surface area contributed by atoms with Crippen LogP contribution in [-0.4, -0.2) is 37.2 Å². The first-order valence-electron chi connectivity index (χ1n) is 34.7. The highest BCUT2D eigenvalue weighted by Gasteiger charge is 2.19. The minimum atomic E-state index is -0.818. The third-order valence-corrected chi connectivity index (χ3v) is 14.6. The number of hydrogen-bond donors (Lipinski definition) is 0. The van der Waals surface area contributed by atoms with E-state index in [1.807, 2.05) is 0 Å². The lowest BCUT2D eigenvalue weighted by atomic mass is 10.0. The summed E-state index contributed by atoms with van der Waals surface area (Å²) in [5, 5.41) is 0. The molecule has 0 aromatic rings. The fourth-order valence-corrected chi connectivity index (χ4v) is 9.50. The first-order chi connectivity index (χ1) is 41.0. The zero-order chi connectivity index (χ0) is 59.9. The minimum Gasteiger partial charge on any atom is -0.462 e. The molecule has 1 atom stereocenters. The fourth-order valence-electron chi connectivity index (χ4n) is 9.50. The quantitative estimate of drug-likeness (QED) is 0.0261. The van der Waals surface area contributed by atoms with Crippen LogP contribution in [0.1, 0.15) is 316 Å². The van der Waals surface area contributed by atoms with E-state index in [0.717, 1.165) is 128 Å². The highest BCUT2D eigenvalue weighted by Crippen LogP contribution is 2.16. The van der Waals surface area contributed by atoms with E-state index >= 15 is 0 Å². The molecule has 0 saturated carbocycles. The van der Waals surface area contributed by atoms with Crippen molar-refractivity contribution in [2.75, 3.05) is 13.2 Å². The van der Waals surface area contributed by atoms with Crippen LogP contribution in [-0.2, 0) is 28.6 Å². The van der Waals surface area contributed by atoms with Crippen LogP contribution in [0.25, 0.3) is 0 Å².